The highest BCUT2D eigenvalue weighted by Crippen LogP contribution is 2.25. The van der Waals surface area contributed by atoms with Crippen molar-refractivity contribution in [1.82, 2.24) is 4.31 Å². The van der Waals surface area contributed by atoms with Crippen LogP contribution in [0.1, 0.15) is 11.1 Å². The van der Waals surface area contributed by atoms with Gasteiger partial charge in [0.2, 0.25) is 10.0 Å². The molecule has 0 fully saturated rings. The van der Waals surface area contributed by atoms with Gasteiger partial charge in [-0.3, -0.25) is 0 Å². The normalized spacial score (nSPS) is 11.8. The van der Waals surface area contributed by atoms with Crippen LogP contribution in [0.15, 0.2) is 29.7 Å². The van der Waals surface area contributed by atoms with Crippen molar-refractivity contribution in [2.75, 3.05) is 25.4 Å². The van der Waals surface area contributed by atoms with Gasteiger partial charge in [-0.1, -0.05) is 6.08 Å². The molecule has 0 amide bonds. The van der Waals surface area contributed by atoms with Crippen LogP contribution in [0.4, 0.5) is 5.69 Å². The first kappa shape index (κ1) is 15.7. The second-order valence-corrected chi connectivity index (χ2v) is 6.26. The monoisotopic (exact) mass is 284 g/mol. The fourth-order valence-electron chi connectivity index (χ4n) is 1.74. The summed E-state index contributed by atoms with van der Waals surface area (Å²) >= 11 is 0. The number of sulfonamides is 1. The molecule has 0 unspecified atom stereocenters. The maximum Gasteiger partial charge on any atom is 0.245 e. The lowest BCUT2D eigenvalue weighted by Gasteiger charge is -2.21. The lowest BCUT2D eigenvalue weighted by atomic mass is 10.1. The minimum Gasteiger partial charge on any atom is -0.398 e. The molecule has 0 aromatic heterocycles. The first-order chi connectivity index (χ1) is 8.84. The third-order valence-electron chi connectivity index (χ3n) is 2.93. The second-order valence-electron chi connectivity index (χ2n) is 4.35. The van der Waals surface area contributed by atoms with Gasteiger partial charge >= 0.3 is 0 Å². The highest BCUT2D eigenvalue weighted by atomic mass is 32.2. The number of hydrogen-bond acceptors (Lipinski definition) is 4. The summed E-state index contributed by atoms with van der Waals surface area (Å²) in [7, 11) is -3.72. The summed E-state index contributed by atoms with van der Waals surface area (Å²) in [5.74, 6) is 0. The minimum absolute atomic E-state index is 0.0146. The van der Waals surface area contributed by atoms with Crippen LogP contribution >= 0.6 is 0 Å². The van der Waals surface area contributed by atoms with E-state index in [9.17, 15) is 8.42 Å². The highest BCUT2D eigenvalue weighted by Gasteiger charge is 2.25. The molecule has 0 radical (unpaired) electrons. The van der Waals surface area contributed by atoms with Crippen LogP contribution < -0.4 is 5.73 Å². The van der Waals surface area contributed by atoms with E-state index in [0.717, 1.165) is 15.4 Å². The Morgan fingerprint density at radius 3 is 2.47 bits per heavy atom. The Balaban J connectivity index is 3.32. The molecule has 3 N–H and O–H groups in total. The van der Waals surface area contributed by atoms with E-state index in [4.69, 9.17) is 10.8 Å². The number of nitrogens with zero attached hydrogens (tertiary/aromatic N) is 1. The number of hydrogen-bond donors (Lipinski definition) is 2. The molecular formula is C13H20N2O3S. The topological polar surface area (TPSA) is 83.6 Å². The van der Waals surface area contributed by atoms with Gasteiger partial charge in [0.15, 0.2) is 0 Å². The van der Waals surface area contributed by atoms with Gasteiger partial charge in [0.05, 0.1) is 12.3 Å². The fourth-order valence-corrected chi connectivity index (χ4v) is 3.32. The van der Waals surface area contributed by atoms with Crippen molar-refractivity contribution in [1.29, 1.82) is 0 Å². The fraction of sp³-hybridized carbons (Fsp3) is 0.385. The van der Waals surface area contributed by atoms with Crippen molar-refractivity contribution in [2.45, 2.75) is 18.7 Å². The van der Waals surface area contributed by atoms with Crippen molar-refractivity contribution in [2.24, 2.45) is 0 Å². The standard InChI is InChI=1S/C13H20N2O3S/c1-4-5-15(6-7-16)19(17,18)13-9-11(3)10(2)8-12(13)14/h4,8-9,16H,1,5-7,14H2,2-3H3. The number of anilines is 1. The van der Waals surface area contributed by atoms with Crippen molar-refractivity contribution < 1.29 is 13.5 Å². The molecule has 0 saturated heterocycles. The zero-order valence-corrected chi connectivity index (χ0v) is 12.1. The summed E-state index contributed by atoms with van der Waals surface area (Å²) in [5.41, 5.74) is 7.83. The second kappa shape index (κ2) is 6.18. The van der Waals surface area contributed by atoms with Crippen LogP contribution in [0.3, 0.4) is 0 Å². The van der Waals surface area contributed by atoms with Crippen molar-refractivity contribution >= 4 is 15.7 Å². The maximum atomic E-state index is 12.5. The predicted octanol–water partition coefficient (Wildman–Crippen LogP) is 1.05. The number of aliphatic hydroxyl groups excluding tert-OH is 1. The van der Waals surface area contributed by atoms with Gasteiger partial charge < -0.3 is 10.8 Å². The Kier molecular flexibility index (Phi) is 5.11. The number of nitrogens with two attached hydrogens (primary N) is 1. The molecule has 1 rings (SSSR count). The smallest absolute Gasteiger partial charge is 0.245 e. The molecule has 0 bridgehead atoms. The zero-order chi connectivity index (χ0) is 14.6. The van der Waals surface area contributed by atoms with Crippen LogP contribution in [-0.2, 0) is 10.0 Å². The van der Waals surface area contributed by atoms with E-state index >= 15 is 0 Å². The summed E-state index contributed by atoms with van der Waals surface area (Å²) in [4.78, 5) is 0.0749. The molecular weight excluding hydrogens is 264 g/mol. The lowest BCUT2D eigenvalue weighted by Crippen LogP contribution is -2.34. The predicted molar refractivity (Wildman–Crippen MR) is 76.4 cm³/mol. The largest absolute Gasteiger partial charge is 0.398 e. The first-order valence-corrected chi connectivity index (χ1v) is 7.37. The molecule has 0 aliphatic rings. The Morgan fingerprint density at radius 2 is 1.95 bits per heavy atom. The Morgan fingerprint density at radius 1 is 1.37 bits per heavy atom. The molecule has 0 spiro atoms. The summed E-state index contributed by atoms with van der Waals surface area (Å²) in [5, 5.41) is 8.97. The van der Waals surface area contributed by atoms with Gasteiger partial charge in [-0.05, 0) is 37.1 Å². The molecule has 0 saturated carbocycles. The summed E-state index contributed by atoms with van der Waals surface area (Å²) < 4.78 is 26.1. The van der Waals surface area contributed by atoms with Crippen LogP contribution in [0.5, 0.6) is 0 Å². The molecule has 106 valence electrons. The SMILES string of the molecule is C=CCN(CCO)S(=O)(=O)c1cc(C)c(C)cc1N. The van der Waals surface area contributed by atoms with Crippen LogP contribution in [0, 0.1) is 13.8 Å². The van der Waals surface area contributed by atoms with Gasteiger partial charge in [-0.25, -0.2) is 8.42 Å². The third-order valence-corrected chi connectivity index (χ3v) is 4.85. The number of aliphatic hydroxyl groups is 1. The molecule has 1 aromatic rings. The van der Waals surface area contributed by atoms with E-state index in [1.54, 1.807) is 12.1 Å². The maximum absolute atomic E-state index is 12.5. The quantitative estimate of drug-likeness (QED) is 0.604. The lowest BCUT2D eigenvalue weighted by molar-refractivity contribution is 0.260. The molecule has 0 atom stereocenters. The summed E-state index contributed by atoms with van der Waals surface area (Å²) in [6, 6.07) is 3.21. The molecule has 0 aliphatic heterocycles. The number of rotatable bonds is 6. The van der Waals surface area contributed by atoms with Crippen molar-refractivity contribution in [3.05, 3.63) is 35.9 Å². The molecule has 0 heterocycles. The molecule has 5 nitrogen and oxygen atoms in total. The first-order valence-electron chi connectivity index (χ1n) is 5.93. The molecule has 6 heteroatoms. The van der Waals surface area contributed by atoms with Crippen LogP contribution in [0.25, 0.3) is 0 Å². The molecule has 1 aromatic carbocycles. The van der Waals surface area contributed by atoms with E-state index < -0.39 is 10.0 Å². The van der Waals surface area contributed by atoms with Crippen LogP contribution in [0.2, 0.25) is 0 Å². The average Bonchev–Trinajstić information content (AvgIpc) is 2.33. The van der Waals surface area contributed by atoms with E-state index in [-0.39, 0.29) is 30.3 Å². The average molecular weight is 284 g/mol. The Bertz CT molecular complexity index is 567. The van der Waals surface area contributed by atoms with Gasteiger partial charge in [-0.15, -0.1) is 6.58 Å². The minimum atomic E-state index is -3.72. The van der Waals surface area contributed by atoms with Crippen molar-refractivity contribution in [3.63, 3.8) is 0 Å². The molecule has 19 heavy (non-hydrogen) atoms. The summed E-state index contributed by atoms with van der Waals surface area (Å²) in [6.45, 7) is 7.13. The highest BCUT2D eigenvalue weighted by molar-refractivity contribution is 7.89. The van der Waals surface area contributed by atoms with E-state index in [0.29, 0.717) is 0 Å². The van der Waals surface area contributed by atoms with Crippen molar-refractivity contribution in [3.8, 4) is 0 Å². The van der Waals surface area contributed by atoms with E-state index in [1.165, 1.54) is 6.08 Å². The van der Waals surface area contributed by atoms with Crippen LogP contribution in [-0.4, -0.2) is 37.5 Å². The molecule has 0 aliphatic carbocycles. The zero-order valence-electron chi connectivity index (χ0n) is 11.3. The van der Waals surface area contributed by atoms with Gasteiger partial charge in [0.25, 0.3) is 0 Å². The Hall–Kier alpha value is -1.37. The Labute approximate surface area is 114 Å². The summed E-state index contributed by atoms with van der Waals surface area (Å²) in [6.07, 6.45) is 1.48. The third kappa shape index (κ3) is 3.34. The number of benzene rings is 1. The van der Waals surface area contributed by atoms with Gasteiger partial charge in [0.1, 0.15) is 4.90 Å². The number of nitrogen functional groups attached to an aromatic ring is 1. The van der Waals surface area contributed by atoms with Gasteiger partial charge in [-0.2, -0.15) is 4.31 Å². The van der Waals surface area contributed by atoms with E-state index in [2.05, 4.69) is 6.58 Å². The number of aryl methyl sites for hydroxylation is 2. The van der Waals surface area contributed by atoms with Gasteiger partial charge in [0, 0.05) is 13.1 Å². The van der Waals surface area contributed by atoms with E-state index in [1.807, 2.05) is 13.8 Å².